The fourth-order valence-electron chi connectivity index (χ4n) is 3.96. The summed E-state index contributed by atoms with van der Waals surface area (Å²) in [4.78, 5) is 17.9. The van der Waals surface area contributed by atoms with Gasteiger partial charge in [-0.3, -0.25) is 0 Å². The van der Waals surface area contributed by atoms with Gasteiger partial charge in [0.05, 0.1) is 6.04 Å². The van der Waals surface area contributed by atoms with Crippen molar-refractivity contribution in [2.45, 2.75) is 38.1 Å². The molecule has 118 valence electrons. The van der Waals surface area contributed by atoms with Gasteiger partial charge < -0.3 is 15.5 Å². The predicted molar refractivity (Wildman–Crippen MR) is 86.7 cm³/mol. The summed E-state index contributed by atoms with van der Waals surface area (Å²) in [5.41, 5.74) is 6.78. The van der Waals surface area contributed by atoms with Crippen LogP contribution in [0.2, 0.25) is 0 Å². The highest BCUT2D eigenvalue weighted by Gasteiger charge is 2.55. The summed E-state index contributed by atoms with van der Waals surface area (Å²) in [5, 5.41) is 0. The van der Waals surface area contributed by atoms with Gasteiger partial charge in [-0.05, 0) is 30.7 Å². The molecule has 22 heavy (non-hydrogen) atoms. The molecule has 2 N–H and O–H groups in total. The van der Waals surface area contributed by atoms with E-state index in [1.165, 1.54) is 32.1 Å². The topological polar surface area (TPSA) is 70.6 Å². The Bertz CT molecular complexity index is 543. The lowest BCUT2D eigenvalue weighted by atomic mass is 10.1. The molecule has 0 radical (unpaired) electrons. The van der Waals surface area contributed by atoms with Crippen LogP contribution in [0.4, 0.5) is 5.95 Å². The first-order valence-corrected chi connectivity index (χ1v) is 8.37. The van der Waals surface area contributed by atoms with E-state index in [-0.39, 0.29) is 0 Å². The Labute approximate surface area is 131 Å². The molecule has 6 nitrogen and oxygen atoms in total. The second kappa shape index (κ2) is 5.41. The maximum Gasteiger partial charge on any atom is 0.225 e. The van der Waals surface area contributed by atoms with Crippen molar-refractivity contribution in [2.24, 2.45) is 16.1 Å². The molecule has 0 amide bonds. The van der Waals surface area contributed by atoms with Crippen LogP contribution >= 0.6 is 0 Å². The van der Waals surface area contributed by atoms with E-state index in [1.807, 2.05) is 6.07 Å². The van der Waals surface area contributed by atoms with Gasteiger partial charge in [0.1, 0.15) is 0 Å². The highest BCUT2D eigenvalue weighted by atomic mass is 15.4. The van der Waals surface area contributed by atoms with Gasteiger partial charge in [0, 0.05) is 38.6 Å². The standard InChI is InChI=1S/C16H24N6/c17-14(20-13-12-16(13)4-1-2-5-16)21-8-10-22(11-9-21)15-18-6-3-7-19-15/h3,6-7,13H,1-2,4-5,8-12H2,(H2,17,20). The number of aliphatic imine (C=N–C) groups is 1. The first-order valence-electron chi connectivity index (χ1n) is 8.37. The first kappa shape index (κ1) is 13.8. The van der Waals surface area contributed by atoms with Crippen molar-refractivity contribution < 1.29 is 0 Å². The van der Waals surface area contributed by atoms with Crippen molar-refractivity contribution in [3.05, 3.63) is 18.5 Å². The minimum absolute atomic E-state index is 0.491. The molecule has 1 aromatic heterocycles. The van der Waals surface area contributed by atoms with Gasteiger partial charge in [-0.1, -0.05) is 12.8 Å². The zero-order valence-electron chi connectivity index (χ0n) is 13.0. The van der Waals surface area contributed by atoms with E-state index in [1.54, 1.807) is 12.4 Å². The molecule has 1 atom stereocenters. The van der Waals surface area contributed by atoms with Gasteiger partial charge in [0.15, 0.2) is 5.96 Å². The van der Waals surface area contributed by atoms with E-state index in [2.05, 4.69) is 19.8 Å². The number of hydrogen-bond donors (Lipinski definition) is 1. The average Bonchev–Trinajstić information content (AvgIpc) is 3.01. The molecular weight excluding hydrogens is 276 g/mol. The third-order valence-corrected chi connectivity index (χ3v) is 5.47. The molecule has 3 fully saturated rings. The van der Waals surface area contributed by atoms with Crippen LogP contribution in [0.15, 0.2) is 23.5 Å². The zero-order valence-corrected chi connectivity index (χ0v) is 13.0. The zero-order chi connectivity index (χ0) is 15.0. The van der Waals surface area contributed by atoms with Crippen molar-refractivity contribution in [1.82, 2.24) is 14.9 Å². The summed E-state index contributed by atoms with van der Waals surface area (Å²) in [6.45, 7) is 3.59. The summed E-state index contributed by atoms with van der Waals surface area (Å²) in [6.07, 6.45) is 10.3. The molecule has 1 aromatic rings. The number of rotatable bonds is 2. The van der Waals surface area contributed by atoms with Crippen LogP contribution in [0.25, 0.3) is 0 Å². The summed E-state index contributed by atoms with van der Waals surface area (Å²) >= 11 is 0. The van der Waals surface area contributed by atoms with Gasteiger partial charge in [-0.2, -0.15) is 0 Å². The van der Waals surface area contributed by atoms with Crippen molar-refractivity contribution in [3.63, 3.8) is 0 Å². The number of aromatic nitrogens is 2. The molecular formula is C16H24N6. The van der Waals surface area contributed by atoms with Crippen molar-refractivity contribution in [3.8, 4) is 0 Å². The minimum Gasteiger partial charge on any atom is -0.370 e. The quantitative estimate of drug-likeness (QED) is 0.657. The largest absolute Gasteiger partial charge is 0.370 e. The van der Waals surface area contributed by atoms with Crippen LogP contribution in [-0.2, 0) is 0 Å². The molecule has 0 bridgehead atoms. The van der Waals surface area contributed by atoms with Crippen LogP contribution in [-0.4, -0.2) is 53.0 Å². The SMILES string of the molecule is NC(=NC1CC12CCCC2)N1CCN(c2ncccn2)CC1. The molecule has 1 aliphatic heterocycles. The number of nitrogens with zero attached hydrogens (tertiary/aromatic N) is 5. The van der Waals surface area contributed by atoms with Crippen LogP contribution < -0.4 is 10.6 Å². The minimum atomic E-state index is 0.491. The van der Waals surface area contributed by atoms with Crippen molar-refractivity contribution >= 4 is 11.9 Å². The van der Waals surface area contributed by atoms with E-state index in [4.69, 9.17) is 10.7 Å². The lowest BCUT2D eigenvalue weighted by molar-refractivity contribution is 0.376. The molecule has 3 aliphatic rings. The van der Waals surface area contributed by atoms with E-state index in [0.717, 1.165) is 38.1 Å². The van der Waals surface area contributed by atoms with Gasteiger partial charge >= 0.3 is 0 Å². The van der Waals surface area contributed by atoms with Gasteiger partial charge in [0.2, 0.25) is 5.95 Å². The van der Waals surface area contributed by atoms with E-state index in [0.29, 0.717) is 11.5 Å². The Morgan fingerprint density at radius 2 is 1.82 bits per heavy atom. The molecule has 0 aromatic carbocycles. The second-order valence-corrected chi connectivity index (χ2v) is 6.80. The van der Waals surface area contributed by atoms with Gasteiger partial charge in [-0.25, -0.2) is 15.0 Å². The Hall–Kier alpha value is -1.85. The summed E-state index contributed by atoms with van der Waals surface area (Å²) in [7, 11) is 0. The number of guanidine groups is 1. The Morgan fingerprint density at radius 3 is 2.50 bits per heavy atom. The Morgan fingerprint density at radius 1 is 1.14 bits per heavy atom. The molecule has 2 heterocycles. The normalized spacial score (nSPS) is 27.5. The van der Waals surface area contributed by atoms with E-state index < -0.39 is 0 Å². The first-order chi connectivity index (χ1) is 10.8. The number of anilines is 1. The maximum absolute atomic E-state index is 6.25. The number of nitrogens with two attached hydrogens (primary N) is 1. The highest BCUT2D eigenvalue weighted by molar-refractivity contribution is 5.79. The smallest absolute Gasteiger partial charge is 0.225 e. The molecule has 2 saturated carbocycles. The lowest BCUT2D eigenvalue weighted by Crippen LogP contribution is -2.51. The average molecular weight is 300 g/mol. The fourth-order valence-corrected chi connectivity index (χ4v) is 3.96. The monoisotopic (exact) mass is 300 g/mol. The van der Waals surface area contributed by atoms with Crippen LogP contribution in [0.3, 0.4) is 0 Å². The van der Waals surface area contributed by atoms with Crippen LogP contribution in [0.1, 0.15) is 32.1 Å². The maximum atomic E-state index is 6.25. The number of hydrogen-bond acceptors (Lipinski definition) is 4. The summed E-state index contributed by atoms with van der Waals surface area (Å²) < 4.78 is 0. The fraction of sp³-hybridized carbons (Fsp3) is 0.688. The van der Waals surface area contributed by atoms with Crippen LogP contribution in [0, 0.1) is 5.41 Å². The Balaban J connectivity index is 1.34. The third-order valence-electron chi connectivity index (χ3n) is 5.47. The number of piperazine rings is 1. The molecule has 2 aliphatic carbocycles. The van der Waals surface area contributed by atoms with Gasteiger partial charge in [-0.15, -0.1) is 0 Å². The Kier molecular flexibility index (Phi) is 3.39. The molecule has 1 unspecified atom stereocenters. The van der Waals surface area contributed by atoms with Crippen molar-refractivity contribution in [1.29, 1.82) is 0 Å². The molecule has 4 rings (SSSR count). The van der Waals surface area contributed by atoms with Crippen molar-refractivity contribution in [2.75, 3.05) is 31.1 Å². The summed E-state index contributed by atoms with van der Waals surface area (Å²) in [6, 6.07) is 2.34. The molecule has 6 heteroatoms. The predicted octanol–water partition coefficient (Wildman–Crippen LogP) is 1.25. The van der Waals surface area contributed by atoms with E-state index >= 15 is 0 Å². The van der Waals surface area contributed by atoms with E-state index in [9.17, 15) is 0 Å². The van der Waals surface area contributed by atoms with Crippen LogP contribution in [0.5, 0.6) is 0 Å². The third kappa shape index (κ3) is 2.51. The second-order valence-electron chi connectivity index (χ2n) is 6.80. The highest BCUT2D eigenvalue weighted by Crippen LogP contribution is 2.59. The molecule has 1 spiro atoms. The lowest BCUT2D eigenvalue weighted by Gasteiger charge is -2.35. The summed E-state index contributed by atoms with van der Waals surface area (Å²) in [5.74, 6) is 1.55. The molecule has 1 saturated heterocycles. The van der Waals surface area contributed by atoms with Gasteiger partial charge in [0.25, 0.3) is 0 Å².